The first-order valence-corrected chi connectivity index (χ1v) is 9.23. The fraction of sp³-hybridized carbons (Fsp3) is 0.263. The summed E-state index contributed by atoms with van der Waals surface area (Å²) < 4.78 is 20.8. The molecule has 0 fully saturated rings. The molecule has 1 heterocycles. The van der Waals surface area contributed by atoms with Crippen LogP contribution in [0.25, 0.3) is 11.4 Å². The van der Waals surface area contributed by atoms with Crippen LogP contribution in [0.1, 0.15) is 19.4 Å². The zero-order chi connectivity index (χ0) is 17.6. The number of thioether (sulfide) groups is 1. The minimum absolute atomic E-state index is 0.217. The third kappa shape index (κ3) is 4.20. The average Bonchev–Trinajstić information content (AvgIpc) is 3.04. The highest BCUT2D eigenvalue weighted by Gasteiger charge is 2.13. The lowest BCUT2D eigenvalue weighted by Gasteiger charge is -2.08. The van der Waals surface area contributed by atoms with Crippen molar-refractivity contribution in [2.45, 2.75) is 31.3 Å². The minimum atomic E-state index is -0.217. The van der Waals surface area contributed by atoms with E-state index >= 15 is 0 Å². The standard InChI is InChI=1S/C19H20FN3OS/c1-3-23-18(15-8-10-17(11-9-15)24-4-2)21-22-19(23)25-13-14-6-5-7-16(20)12-14/h5-12H,3-4,13H2,1-2H3. The quantitative estimate of drug-likeness (QED) is 0.570. The van der Waals surface area contributed by atoms with E-state index in [1.165, 1.54) is 6.07 Å². The lowest BCUT2D eigenvalue weighted by Crippen LogP contribution is -2.00. The normalized spacial score (nSPS) is 10.8. The molecule has 4 nitrogen and oxygen atoms in total. The maximum atomic E-state index is 13.3. The highest BCUT2D eigenvalue weighted by atomic mass is 32.2. The molecule has 3 aromatic rings. The Hall–Kier alpha value is -2.34. The van der Waals surface area contributed by atoms with Gasteiger partial charge in [0.15, 0.2) is 11.0 Å². The SMILES string of the molecule is CCOc1ccc(-c2nnc(SCc3cccc(F)c3)n2CC)cc1. The maximum absolute atomic E-state index is 13.3. The Balaban J connectivity index is 1.78. The van der Waals surface area contributed by atoms with Crippen molar-refractivity contribution < 1.29 is 9.13 Å². The van der Waals surface area contributed by atoms with Gasteiger partial charge in [0.1, 0.15) is 11.6 Å². The van der Waals surface area contributed by atoms with Gasteiger partial charge in [-0.25, -0.2) is 4.39 Å². The molecule has 0 atom stereocenters. The molecule has 0 aliphatic rings. The summed E-state index contributed by atoms with van der Waals surface area (Å²) in [6, 6.07) is 14.5. The number of benzene rings is 2. The first-order valence-electron chi connectivity index (χ1n) is 8.25. The van der Waals surface area contributed by atoms with Crippen molar-refractivity contribution in [2.75, 3.05) is 6.61 Å². The summed E-state index contributed by atoms with van der Waals surface area (Å²) in [5.41, 5.74) is 1.92. The van der Waals surface area contributed by atoms with Crippen LogP contribution in [0.5, 0.6) is 5.75 Å². The Bertz CT molecular complexity index is 833. The molecule has 0 unspecified atom stereocenters. The minimum Gasteiger partial charge on any atom is -0.494 e. The summed E-state index contributed by atoms with van der Waals surface area (Å²) >= 11 is 1.56. The van der Waals surface area contributed by atoms with Crippen molar-refractivity contribution in [1.29, 1.82) is 0 Å². The van der Waals surface area contributed by atoms with Gasteiger partial charge in [-0.2, -0.15) is 0 Å². The summed E-state index contributed by atoms with van der Waals surface area (Å²) in [6.07, 6.45) is 0. The molecule has 0 amide bonds. The molecular formula is C19H20FN3OS. The van der Waals surface area contributed by atoms with Crippen LogP contribution < -0.4 is 4.74 Å². The van der Waals surface area contributed by atoms with Crippen molar-refractivity contribution in [2.24, 2.45) is 0 Å². The third-order valence-electron chi connectivity index (χ3n) is 3.71. The molecule has 1 aromatic heterocycles. The van der Waals surface area contributed by atoms with Gasteiger partial charge in [-0.05, 0) is 55.8 Å². The summed E-state index contributed by atoms with van der Waals surface area (Å²) in [4.78, 5) is 0. The predicted molar refractivity (Wildman–Crippen MR) is 98.3 cm³/mol. The number of nitrogens with zero attached hydrogens (tertiary/aromatic N) is 3. The smallest absolute Gasteiger partial charge is 0.191 e. The topological polar surface area (TPSA) is 39.9 Å². The predicted octanol–water partition coefficient (Wildman–Crippen LogP) is 4.80. The molecule has 0 radical (unpaired) electrons. The second kappa shape index (κ2) is 8.16. The van der Waals surface area contributed by atoms with E-state index in [2.05, 4.69) is 21.7 Å². The highest BCUT2D eigenvalue weighted by molar-refractivity contribution is 7.98. The number of hydrogen-bond acceptors (Lipinski definition) is 4. The van der Waals surface area contributed by atoms with Crippen LogP contribution in [-0.4, -0.2) is 21.4 Å². The fourth-order valence-electron chi connectivity index (χ4n) is 2.54. The van der Waals surface area contributed by atoms with Gasteiger partial charge in [-0.3, -0.25) is 0 Å². The molecule has 0 saturated heterocycles. The van der Waals surface area contributed by atoms with Crippen LogP contribution in [0.15, 0.2) is 53.7 Å². The lowest BCUT2D eigenvalue weighted by molar-refractivity contribution is 0.340. The van der Waals surface area contributed by atoms with Crippen molar-refractivity contribution in [3.8, 4) is 17.1 Å². The lowest BCUT2D eigenvalue weighted by atomic mass is 10.2. The molecule has 0 N–H and O–H groups in total. The Kier molecular flexibility index (Phi) is 5.71. The summed E-state index contributed by atoms with van der Waals surface area (Å²) in [5, 5.41) is 9.48. The fourth-order valence-corrected chi connectivity index (χ4v) is 3.48. The van der Waals surface area contributed by atoms with Gasteiger partial charge in [0.05, 0.1) is 6.61 Å². The zero-order valence-corrected chi connectivity index (χ0v) is 15.1. The number of halogens is 1. The average molecular weight is 357 g/mol. The molecule has 3 rings (SSSR count). The van der Waals surface area contributed by atoms with Crippen molar-refractivity contribution >= 4 is 11.8 Å². The number of ether oxygens (including phenoxy) is 1. The third-order valence-corrected chi connectivity index (χ3v) is 4.75. The van der Waals surface area contributed by atoms with E-state index in [9.17, 15) is 4.39 Å². The monoisotopic (exact) mass is 357 g/mol. The molecule has 0 spiro atoms. The van der Waals surface area contributed by atoms with E-state index in [0.29, 0.717) is 12.4 Å². The number of aromatic nitrogens is 3. The Labute approximate surface area is 151 Å². The molecule has 6 heteroatoms. The highest BCUT2D eigenvalue weighted by Crippen LogP contribution is 2.27. The zero-order valence-electron chi connectivity index (χ0n) is 14.3. The van der Waals surface area contributed by atoms with E-state index < -0.39 is 0 Å². The van der Waals surface area contributed by atoms with Gasteiger partial charge in [-0.1, -0.05) is 23.9 Å². The molecule has 0 aliphatic heterocycles. The van der Waals surface area contributed by atoms with E-state index in [0.717, 1.165) is 34.4 Å². The van der Waals surface area contributed by atoms with Crippen LogP contribution in [0, 0.1) is 5.82 Å². The Morgan fingerprint density at radius 3 is 2.56 bits per heavy atom. The van der Waals surface area contributed by atoms with E-state index in [-0.39, 0.29) is 5.82 Å². The summed E-state index contributed by atoms with van der Waals surface area (Å²) in [6.45, 7) is 5.43. The van der Waals surface area contributed by atoms with Gasteiger partial charge in [0.25, 0.3) is 0 Å². The second-order valence-electron chi connectivity index (χ2n) is 5.43. The summed E-state index contributed by atoms with van der Waals surface area (Å²) in [7, 11) is 0. The molecule has 25 heavy (non-hydrogen) atoms. The van der Waals surface area contributed by atoms with E-state index in [1.807, 2.05) is 37.3 Å². The van der Waals surface area contributed by atoms with Gasteiger partial charge in [0, 0.05) is 17.9 Å². The first kappa shape index (κ1) is 17.5. The largest absolute Gasteiger partial charge is 0.494 e. The molecule has 0 bridgehead atoms. The van der Waals surface area contributed by atoms with Gasteiger partial charge in [0.2, 0.25) is 0 Å². The maximum Gasteiger partial charge on any atom is 0.191 e. The van der Waals surface area contributed by atoms with Gasteiger partial charge < -0.3 is 9.30 Å². The van der Waals surface area contributed by atoms with Crippen LogP contribution in [0.3, 0.4) is 0 Å². The molecule has 0 saturated carbocycles. The number of hydrogen-bond donors (Lipinski definition) is 0. The van der Waals surface area contributed by atoms with Crippen molar-refractivity contribution in [3.63, 3.8) is 0 Å². The second-order valence-corrected chi connectivity index (χ2v) is 6.37. The van der Waals surface area contributed by atoms with Gasteiger partial charge in [-0.15, -0.1) is 10.2 Å². The van der Waals surface area contributed by atoms with Gasteiger partial charge >= 0.3 is 0 Å². The van der Waals surface area contributed by atoms with Crippen molar-refractivity contribution in [1.82, 2.24) is 14.8 Å². The molecule has 130 valence electrons. The number of rotatable bonds is 7. The Morgan fingerprint density at radius 2 is 1.88 bits per heavy atom. The molecule has 0 aliphatic carbocycles. The van der Waals surface area contributed by atoms with E-state index in [4.69, 9.17) is 4.74 Å². The summed E-state index contributed by atoms with van der Waals surface area (Å²) in [5.74, 6) is 2.10. The van der Waals surface area contributed by atoms with Crippen LogP contribution in [0.4, 0.5) is 4.39 Å². The molecular weight excluding hydrogens is 337 g/mol. The first-order chi connectivity index (χ1) is 12.2. The molecule has 2 aromatic carbocycles. The Morgan fingerprint density at radius 1 is 1.08 bits per heavy atom. The van der Waals surface area contributed by atoms with E-state index in [1.54, 1.807) is 23.9 Å². The van der Waals surface area contributed by atoms with Crippen LogP contribution in [-0.2, 0) is 12.3 Å². The van der Waals surface area contributed by atoms with Crippen LogP contribution in [0.2, 0.25) is 0 Å². The van der Waals surface area contributed by atoms with Crippen molar-refractivity contribution in [3.05, 3.63) is 59.9 Å². The van der Waals surface area contributed by atoms with Crippen LogP contribution >= 0.6 is 11.8 Å².